The Morgan fingerprint density at radius 1 is 1.42 bits per heavy atom. The lowest BCUT2D eigenvalue weighted by Crippen LogP contribution is -2.39. The first kappa shape index (κ1) is 15.0. The number of hydrogen-bond acceptors (Lipinski definition) is 2. The smallest absolute Gasteiger partial charge is 0.0499 e. The molecule has 0 bridgehead atoms. The summed E-state index contributed by atoms with van der Waals surface area (Å²) >= 11 is 3.58. The maximum absolute atomic E-state index is 6.41. The van der Waals surface area contributed by atoms with E-state index >= 15 is 0 Å². The summed E-state index contributed by atoms with van der Waals surface area (Å²) in [6.07, 6.45) is 3.62. The summed E-state index contributed by atoms with van der Waals surface area (Å²) in [5, 5.41) is 0. The van der Waals surface area contributed by atoms with E-state index in [-0.39, 0.29) is 6.04 Å². The molecule has 3 heteroatoms. The fraction of sp³-hybridized carbons (Fsp3) is 0.625. The number of rotatable bonds is 5. The van der Waals surface area contributed by atoms with E-state index in [1.165, 1.54) is 31.5 Å². The number of likely N-dealkylation sites (tertiary alicyclic amines) is 1. The van der Waals surface area contributed by atoms with Crippen molar-refractivity contribution in [1.82, 2.24) is 4.90 Å². The van der Waals surface area contributed by atoms with E-state index in [1.807, 2.05) is 0 Å². The second-order valence-electron chi connectivity index (χ2n) is 5.63. The standard InChI is InChI=1S/C16H25BrN2/c1-3-12-8-9-19(11-12)16(15(18)4-2)13-6-5-7-14(17)10-13/h5-7,10,12,15-16H,3-4,8-9,11,18H2,1-2H3. The quantitative estimate of drug-likeness (QED) is 0.888. The van der Waals surface area contributed by atoms with Gasteiger partial charge >= 0.3 is 0 Å². The highest BCUT2D eigenvalue weighted by Gasteiger charge is 2.31. The molecule has 0 aliphatic carbocycles. The number of nitrogens with two attached hydrogens (primary N) is 1. The predicted octanol–water partition coefficient (Wildman–Crippen LogP) is 3.96. The fourth-order valence-electron chi connectivity index (χ4n) is 3.09. The lowest BCUT2D eigenvalue weighted by molar-refractivity contribution is 0.201. The third-order valence-corrected chi connectivity index (χ3v) is 4.85. The van der Waals surface area contributed by atoms with Crippen molar-refractivity contribution in [3.05, 3.63) is 34.3 Å². The molecule has 3 unspecified atom stereocenters. The predicted molar refractivity (Wildman–Crippen MR) is 85.1 cm³/mol. The van der Waals surface area contributed by atoms with Crippen LogP contribution in [0.25, 0.3) is 0 Å². The van der Waals surface area contributed by atoms with Gasteiger partial charge < -0.3 is 5.73 Å². The summed E-state index contributed by atoms with van der Waals surface area (Å²) in [6, 6.07) is 9.20. The van der Waals surface area contributed by atoms with Crippen molar-refractivity contribution in [2.75, 3.05) is 13.1 Å². The third-order valence-electron chi connectivity index (χ3n) is 4.36. The molecule has 1 aliphatic heterocycles. The molecule has 19 heavy (non-hydrogen) atoms. The third kappa shape index (κ3) is 3.59. The maximum Gasteiger partial charge on any atom is 0.0499 e. The van der Waals surface area contributed by atoms with Crippen molar-refractivity contribution in [2.24, 2.45) is 11.7 Å². The Bertz CT molecular complexity index is 407. The Balaban J connectivity index is 2.21. The minimum Gasteiger partial charge on any atom is -0.326 e. The number of nitrogens with zero attached hydrogens (tertiary/aromatic N) is 1. The van der Waals surface area contributed by atoms with Crippen LogP contribution in [-0.2, 0) is 0 Å². The van der Waals surface area contributed by atoms with E-state index in [0.717, 1.165) is 16.8 Å². The molecule has 0 spiro atoms. The van der Waals surface area contributed by atoms with Crippen LogP contribution < -0.4 is 5.73 Å². The molecule has 0 aromatic heterocycles. The topological polar surface area (TPSA) is 29.3 Å². The summed E-state index contributed by atoms with van der Waals surface area (Å²) in [6.45, 7) is 6.86. The minimum atomic E-state index is 0.213. The highest BCUT2D eigenvalue weighted by atomic mass is 79.9. The van der Waals surface area contributed by atoms with Gasteiger partial charge in [-0.15, -0.1) is 0 Å². The second kappa shape index (κ2) is 6.87. The monoisotopic (exact) mass is 324 g/mol. The van der Waals surface area contributed by atoms with Crippen molar-refractivity contribution in [2.45, 2.75) is 45.2 Å². The van der Waals surface area contributed by atoms with Gasteiger partial charge in [-0.2, -0.15) is 0 Å². The summed E-state index contributed by atoms with van der Waals surface area (Å²) < 4.78 is 1.14. The number of hydrogen-bond donors (Lipinski definition) is 1. The second-order valence-corrected chi connectivity index (χ2v) is 6.55. The Kier molecular flexibility index (Phi) is 5.43. The zero-order chi connectivity index (χ0) is 13.8. The van der Waals surface area contributed by atoms with Gasteiger partial charge in [-0.25, -0.2) is 0 Å². The van der Waals surface area contributed by atoms with Crippen LogP contribution in [0.4, 0.5) is 0 Å². The fourth-order valence-corrected chi connectivity index (χ4v) is 3.51. The van der Waals surface area contributed by atoms with Crippen LogP contribution in [-0.4, -0.2) is 24.0 Å². The van der Waals surface area contributed by atoms with Gasteiger partial charge in [0.25, 0.3) is 0 Å². The molecule has 0 saturated carbocycles. The molecular formula is C16H25BrN2. The van der Waals surface area contributed by atoms with Crippen LogP contribution in [0.1, 0.15) is 44.7 Å². The minimum absolute atomic E-state index is 0.213. The Morgan fingerprint density at radius 3 is 2.79 bits per heavy atom. The molecule has 2 nitrogen and oxygen atoms in total. The summed E-state index contributed by atoms with van der Waals surface area (Å²) in [5.41, 5.74) is 7.76. The van der Waals surface area contributed by atoms with Crippen molar-refractivity contribution < 1.29 is 0 Å². The van der Waals surface area contributed by atoms with Crippen molar-refractivity contribution in [3.8, 4) is 0 Å². The Morgan fingerprint density at radius 2 is 2.21 bits per heavy atom. The van der Waals surface area contributed by atoms with Crippen LogP contribution in [0.3, 0.4) is 0 Å². The van der Waals surface area contributed by atoms with E-state index in [4.69, 9.17) is 5.73 Å². The van der Waals surface area contributed by atoms with Gasteiger partial charge in [-0.3, -0.25) is 4.90 Å². The molecule has 1 fully saturated rings. The molecule has 3 atom stereocenters. The molecule has 0 radical (unpaired) electrons. The van der Waals surface area contributed by atoms with Gasteiger partial charge in [0, 0.05) is 23.1 Å². The molecule has 1 saturated heterocycles. The van der Waals surface area contributed by atoms with E-state index in [0.29, 0.717) is 6.04 Å². The SMILES string of the molecule is CCC1CCN(C(c2cccc(Br)c2)C(N)CC)C1. The number of benzene rings is 1. The van der Waals surface area contributed by atoms with E-state index in [9.17, 15) is 0 Å². The van der Waals surface area contributed by atoms with E-state index < -0.39 is 0 Å². The molecule has 1 aliphatic rings. The van der Waals surface area contributed by atoms with E-state index in [1.54, 1.807) is 0 Å². The van der Waals surface area contributed by atoms with Crippen LogP contribution in [0.15, 0.2) is 28.7 Å². The zero-order valence-corrected chi connectivity index (χ0v) is 13.6. The first-order valence-corrected chi connectivity index (χ1v) is 8.20. The molecule has 0 amide bonds. The van der Waals surface area contributed by atoms with Crippen LogP contribution in [0.5, 0.6) is 0 Å². The molecule has 106 valence electrons. The Labute approximate surface area is 125 Å². The zero-order valence-electron chi connectivity index (χ0n) is 12.0. The largest absolute Gasteiger partial charge is 0.326 e. The van der Waals surface area contributed by atoms with Gasteiger partial charge in [-0.05, 0) is 43.0 Å². The average Bonchev–Trinajstić information content (AvgIpc) is 2.87. The van der Waals surface area contributed by atoms with Gasteiger partial charge in [-0.1, -0.05) is 48.3 Å². The van der Waals surface area contributed by atoms with Crippen molar-refractivity contribution >= 4 is 15.9 Å². The normalized spacial score (nSPS) is 23.5. The van der Waals surface area contributed by atoms with Crippen LogP contribution in [0.2, 0.25) is 0 Å². The molecule has 1 aromatic rings. The highest BCUT2D eigenvalue weighted by Crippen LogP contribution is 2.32. The summed E-state index contributed by atoms with van der Waals surface area (Å²) in [5.74, 6) is 0.846. The molecular weight excluding hydrogens is 300 g/mol. The lowest BCUT2D eigenvalue weighted by atomic mass is 9.96. The summed E-state index contributed by atoms with van der Waals surface area (Å²) in [7, 11) is 0. The molecule has 2 rings (SSSR count). The molecule has 1 heterocycles. The van der Waals surface area contributed by atoms with Gasteiger partial charge in [0.15, 0.2) is 0 Å². The molecule has 2 N–H and O–H groups in total. The number of halogens is 1. The van der Waals surface area contributed by atoms with Gasteiger partial charge in [0.2, 0.25) is 0 Å². The highest BCUT2D eigenvalue weighted by molar-refractivity contribution is 9.10. The van der Waals surface area contributed by atoms with Crippen molar-refractivity contribution in [1.29, 1.82) is 0 Å². The first-order valence-electron chi connectivity index (χ1n) is 7.40. The van der Waals surface area contributed by atoms with Crippen molar-refractivity contribution in [3.63, 3.8) is 0 Å². The van der Waals surface area contributed by atoms with E-state index in [2.05, 4.69) is 58.9 Å². The summed E-state index contributed by atoms with van der Waals surface area (Å²) in [4.78, 5) is 2.59. The first-order chi connectivity index (χ1) is 9.15. The Hall–Kier alpha value is -0.380. The lowest BCUT2D eigenvalue weighted by Gasteiger charge is -2.33. The maximum atomic E-state index is 6.41. The van der Waals surface area contributed by atoms with Gasteiger partial charge in [0.1, 0.15) is 0 Å². The molecule has 1 aromatic carbocycles. The van der Waals surface area contributed by atoms with Gasteiger partial charge in [0.05, 0.1) is 0 Å². The van der Waals surface area contributed by atoms with Crippen LogP contribution >= 0.6 is 15.9 Å². The van der Waals surface area contributed by atoms with Crippen LogP contribution in [0, 0.1) is 5.92 Å². The average molecular weight is 325 g/mol.